The predicted molar refractivity (Wildman–Crippen MR) is 124 cm³/mol. The van der Waals surface area contributed by atoms with Crippen molar-refractivity contribution < 1.29 is 18.3 Å². The summed E-state index contributed by atoms with van der Waals surface area (Å²) in [6.07, 6.45) is 2.20. The van der Waals surface area contributed by atoms with Gasteiger partial charge in [-0.3, -0.25) is 19.9 Å². The number of hydrogen-bond donors (Lipinski definition) is 2. The second-order valence-electron chi connectivity index (χ2n) is 8.85. The molecular formula is C24H26F2N6O3. The molecule has 35 heavy (non-hydrogen) atoms. The van der Waals surface area contributed by atoms with Crippen LogP contribution < -0.4 is 15.7 Å². The van der Waals surface area contributed by atoms with Crippen LogP contribution in [0.3, 0.4) is 0 Å². The Hall–Kier alpha value is -3.44. The number of rotatable bonds is 7. The molecule has 2 aliphatic heterocycles. The first-order valence-corrected chi connectivity index (χ1v) is 11.7. The monoisotopic (exact) mass is 484 g/mol. The molecule has 1 amide bonds. The zero-order valence-electron chi connectivity index (χ0n) is 19.3. The maximum Gasteiger partial charge on any atom is 0.284 e. The molecule has 9 nitrogen and oxygen atoms in total. The molecule has 0 atom stereocenters. The minimum Gasteiger partial charge on any atom is -0.483 e. The van der Waals surface area contributed by atoms with Crippen molar-refractivity contribution in [3.63, 3.8) is 0 Å². The minimum absolute atomic E-state index is 0.0117. The number of benzene rings is 1. The van der Waals surface area contributed by atoms with Gasteiger partial charge in [-0.15, -0.1) is 0 Å². The van der Waals surface area contributed by atoms with Crippen molar-refractivity contribution in [2.24, 2.45) is 0 Å². The molecule has 2 saturated heterocycles. The van der Waals surface area contributed by atoms with E-state index in [1.807, 2.05) is 11.8 Å². The molecule has 2 N–H and O–H groups in total. The number of hydrazine groups is 1. The SMILES string of the molecule is CCc1nc2ccc(CN3CC(Oc4ccc(C(=O)NN5CCCC5)nc4F)C3)c(F)c2[nH]c1=O. The number of fused-ring (bicyclic) bond motifs is 1. The molecule has 4 heterocycles. The first-order chi connectivity index (χ1) is 16.9. The number of aryl methyl sites for hydroxylation is 1. The second-order valence-corrected chi connectivity index (χ2v) is 8.85. The summed E-state index contributed by atoms with van der Waals surface area (Å²) >= 11 is 0. The Labute approximate surface area is 200 Å². The zero-order chi connectivity index (χ0) is 24.5. The van der Waals surface area contributed by atoms with E-state index in [0.29, 0.717) is 42.8 Å². The predicted octanol–water partition coefficient (Wildman–Crippen LogP) is 2.16. The molecule has 2 aliphatic rings. The lowest BCUT2D eigenvalue weighted by molar-refractivity contribution is 0.0112. The summed E-state index contributed by atoms with van der Waals surface area (Å²) in [4.78, 5) is 36.8. The fourth-order valence-electron chi connectivity index (χ4n) is 4.38. The van der Waals surface area contributed by atoms with Crippen LogP contribution in [0, 0.1) is 11.8 Å². The summed E-state index contributed by atoms with van der Waals surface area (Å²) in [6, 6.07) is 6.19. The number of aromatic amines is 1. The van der Waals surface area contributed by atoms with Gasteiger partial charge in [0.25, 0.3) is 17.4 Å². The van der Waals surface area contributed by atoms with Gasteiger partial charge in [0.15, 0.2) is 11.6 Å². The van der Waals surface area contributed by atoms with Gasteiger partial charge in [-0.25, -0.2) is 19.4 Å². The van der Waals surface area contributed by atoms with Crippen molar-refractivity contribution in [2.45, 2.75) is 38.8 Å². The molecule has 0 bridgehead atoms. The Morgan fingerprint density at radius 2 is 1.94 bits per heavy atom. The highest BCUT2D eigenvalue weighted by atomic mass is 19.1. The number of ether oxygens (including phenoxy) is 1. The summed E-state index contributed by atoms with van der Waals surface area (Å²) in [5, 5.41) is 1.80. The number of pyridine rings is 1. The van der Waals surface area contributed by atoms with Crippen LogP contribution in [0.4, 0.5) is 8.78 Å². The molecule has 0 spiro atoms. The van der Waals surface area contributed by atoms with Gasteiger partial charge in [-0.05, 0) is 37.5 Å². The Kier molecular flexibility index (Phi) is 6.44. The van der Waals surface area contributed by atoms with Crippen molar-refractivity contribution in [1.82, 2.24) is 30.3 Å². The number of amides is 1. The van der Waals surface area contributed by atoms with Crippen molar-refractivity contribution in [1.29, 1.82) is 0 Å². The van der Waals surface area contributed by atoms with Crippen LogP contribution in [-0.2, 0) is 13.0 Å². The quantitative estimate of drug-likeness (QED) is 0.496. The number of H-pyrrole nitrogens is 1. The number of nitrogens with one attached hydrogen (secondary N) is 2. The van der Waals surface area contributed by atoms with Crippen LogP contribution in [0.25, 0.3) is 11.0 Å². The Bertz CT molecular complexity index is 1320. The number of halogens is 2. The molecule has 2 fully saturated rings. The van der Waals surface area contributed by atoms with Gasteiger partial charge < -0.3 is 9.72 Å². The molecule has 184 valence electrons. The molecule has 1 aromatic carbocycles. The number of aromatic nitrogens is 3. The van der Waals surface area contributed by atoms with Gasteiger partial charge in [0, 0.05) is 38.3 Å². The summed E-state index contributed by atoms with van der Waals surface area (Å²) in [5.41, 5.74) is 3.63. The summed E-state index contributed by atoms with van der Waals surface area (Å²) < 4.78 is 35.1. The highest BCUT2D eigenvalue weighted by Gasteiger charge is 2.30. The third-order valence-electron chi connectivity index (χ3n) is 6.32. The maximum atomic E-state index is 15.0. The van der Waals surface area contributed by atoms with E-state index in [9.17, 15) is 18.4 Å². The van der Waals surface area contributed by atoms with Crippen molar-refractivity contribution in [3.8, 4) is 5.75 Å². The van der Waals surface area contributed by atoms with E-state index in [0.717, 1.165) is 25.9 Å². The Balaban J connectivity index is 1.17. The van der Waals surface area contributed by atoms with Crippen LogP contribution in [0.15, 0.2) is 29.1 Å². The first-order valence-electron chi connectivity index (χ1n) is 11.7. The van der Waals surface area contributed by atoms with E-state index in [2.05, 4.69) is 20.4 Å². The third-order valence-corrected chi connectivity index (χ3v) is 6.32. The number of carbonyl (C=O) groups is 1. The first kappa shape index (κ1) is 23.3. The van der Waals surface area contributed by atoms with Crippen molar-refractivity contribution in [2.75, 3.05) is 26.2 Å². The van der Waals surface area contributed by atoms with E-state index in [4.69, 9.17) is 4.74 Å². The van der Waals surface area contributed by atoms with Gasteiger partial charge in [-0.1, -0.05) is 13.0 Å². The molecule has 0 unspecified atom stereocenters. The fraction of sp³-hybridized carbons (Fsp3) is 0.417. The lowest BCUT2D eigenvalue weighted by Crippen LogP contribution is -2.53. The topological polar surface area (TPSA) is 103 Å². The molecule has 0 radical (unpaired) electrons. The largest absolute Gasteiger partial charge is 0.483 e. The van der Waals surface area contributed by atoms with E-state index in [-0.39, 0.29) is 28.6 Å². The molecule has 2 aromatic heterocycles. The van der Waals surface area contributed by atoms with E-state index < -0.39 is 17.7 Å². The highest BCUT2D eigenvalue weighted by Crippen LogP contribution is 2.24. The smallest absolute Gasteiger partial charge is 0.284 e. The Morgan fingerprint density at radius 3 is 2.66 bits per heavy atom. The fourth-order valence-corrected chi connectivity index (χ4v) is 4.38. The van der Waals surface area contributed by atoms with E-state index in [1.54, 1.807) is 17.1 Å². The molecule has 3 aromatic rings. The summed E-state index contributed by atoms with van der Waals surface area (Å²) in [7, 11) is 0. The van der Waals surface area contributed by atoms with Crippen LogP contribution in [0.1, 0.15) is 41.5 Å². The van der Waals surface area contributed by atoms with Gasteiger partial charge in [-0.2, -0.15) is 4.39 Å². The number of carbonyl (C=O) groups excluding carboxylic acids is 1. The van der Waals surface area contributed by atoms with Gasteiger partial charge >= 0.3 is 0 Å². The second kappa shape index (κ2) is 9.67. The standard InChI is InChI=1S/C24H26F2N6O3/c1-2-16-23(33)29-21-17(27-16)6-5-14(20(21)25)11-31-12-15(13-31)35-19-8-7-18(28-22(19)26)24(34)30-32-9-3-4-10-32/h5-8,15H,2-4,9-13H2,1H3,(H,29,33)(H,30,34). The van der Waals surface area contributed by atoms with E-state index in [1.165, 1.54) is 12.1 Å². The lowest BCUT2D eigenvalue weighted by Gasteiger charge is -2.39. The average molecular weight is 485 g/mol. The summed E-state index contributed by atoms with van der Waals surface area (Å²) in [6.45, 7) is 4.61. The zero-order valence-corrected chi connectivity index (χ0v) is 19.3. The molecule has 11 heteroatoms. The summed E-state index contributed by atoms with van der Waals surface area (Å²) in [5.74, 6) is -1.83. The van der Waals surface area contributed by atoms with Crippen molar-refractivity contribution in [3.05, 3.63) is 63.3 Å². The van der Waals surface area contributed by atoms with Gasteiger partial charge in [0.2, 0.25) is 0 Å². The van der Waals surface area contributed by atoms with Gasteiger partial charge in [0.05, 0.1) is 5.52 Å². The number of hydrogen-bond acceptors (Lipinski definition) is 7. The number of likely N-dealkylation sites (tertiary alicyclic amines) is 1. The minimum atomic E-state index is -0.846. The molecule has 5 rings (SSSR count). The molecule has 0 aliphatic carbocycles. The highest BCUT2D eigenvalue weighted by molar-refractivity contribution is 5.91. The maximum absolute atomic E-state index is 15.0. The lowest BCUT2D eigenvalue weighted by atomic mass is 10.1. The Morgan fingerprint density at radius 1 is 1.17 bits per heavy atom. The molecule has 0 saturated carbocycles. The number of nitrogens with zero attached hydrogens (tertiary/aromatic N) is 4. The molecular weight excluding hydrogens is 458 g/mol. The van der Waals surface area contributed by atoms with Crippen LogP contribution >= 0.6 is 0 Å². The average Bonchev–Trinajstić information content (AvgIpc) is 3.33. The van der Waals surface area contributed by atoms with Crippen LogP contribution in [0.5, 0.6) is 5.75 Å². The van der Waals surface area contributed by atoms with Gasteiger partial charge in [0.1, 0.15) is 23.0 Å². The van der Waals surface area contributed by atoms with E-state index >= 15 is 0 Å². The van der Waals surface area contributed by atoms with Crippen molar-refractivity contribution >= 4 is 16.9 Å². The van der Waals surface area contributed by atoms with Crippen LogP contribution in [-0.4, -0.2) is 63.1 Å². The normalized spacial score (nSPS) is 17.0. The van der Waals surface area contributed by atoms with Crippen LogP contribution in [0.2, 0.25) is 0 Å². The third kappa shape index (κ3) is 4.87.